The first kappa shape index (κ1) is 14.1. The predicted octanol–water partition coefficient (Wildman–Crippen LogP) is 3.46. The second-order valence-electron chi connectivity index (χ2n) is 5.65. The third-order valence-corrected chi connectivity index (χ3v) is 2.94. The maximum Gasteiger partial charge on any atom is 0.219 e. The van der Waals surface area contributed by atoms with E-state index in [4.69, 9.17) is 15.9 Å². The van der Waals surface area contributed by atoms with E-state index in [9.17, 15) is 0 Å². The number of benzene rings is 1. The number of rotatable bonds is 3. The van der Waals surface area contributed by atoms with Gasteiger partial charge in [-0.05, 0) is 29.2 Å². The van der Waals surface area contributed by atoms with E-state index in [-0.39, 0.29) is 11.3 Å². The van der Waals surface area contributed by atoms with Crippen LogP contribution < -0.4 is 10.5 Å². The van der Waals surface area contributed by atoms with Crippen LogP contribution in [0, 0.1) is 5.41 Å². The SMILES string of the molecule is CC(C)(C)c1ccc(Oc2cccc(C(=N)N)n2)cc1. The van der Waals surface area contributed by atoms with Gasteiger partial charge in [-0.3, -0.25) is 5.41 Å². The summed E-state index contributed by atoms with van der Waals surface area (Å²) in [5.74, 6) is 1.07. The Balaban J connectivity index is 2.18. The number of pyridine rings is 1. The quantitative estimate of drug-likeness (QED) is 0.662. The zero-order valence-corrected chi connectivity index (χ0v) is 12.0. The lowest BCUT2D eigenvalue weighted by atomic mass is 9.87. The Labute approximate surface area is 119 Å². The van der Waals surface area contributed by atoms with Gasteiger partial charge in [-0.2, -0.15) is 0 Å². The van der Waals surface area contributed by atoms with Gasteiger partial charge in [0.25, 0.3) is 0 Å². The van der Waals surface area contributed by atoms with Crippen LogP contribution in [0.4, 0.5) is 0 Å². The summed E-state index contributed by atoms with van der Waals surface area (Å²) in [4.78, 5) is 4.17. The fraction of sp³-hybridized carbons (Fsp3) is 0.250. The van der Waals surface area contributed by atoms with E-state index in [1.165, 1.54) is 5.56 Å². The van der Waals surface area contributed by atoms with Crippen molar-refractivity contribution in [3.05, 3.63) is 53.7 Å². The fourth-order valence-corrected chi connectivity index (χ4v) is 1.77. The van der Waals surface area contributed by atoms with Gasteiger partial charge in [0.2, 0.25) is 5.88 Å². The lowest BCUT2D eigenvalue weighted by Crippen LogP contribution is -2.13. The molecule has 0 saturated heterocycles. The van der Waals surface area contributed by atoms with Gasteiger partial charge in [-0.1, -0.05) is 39.0 Å². The number of ether oxygens (including phenoxy) is 1. The van der Waals surface area contributed by atoms with Gasteiger partial charge in [0, 0.05) is 6.07 Å². The number of hydrogen-bond acceptors (Lipinski definition) is 3. The molecule has 0 aliphatic rings. The van der Waals surface area contributed by atoms with E-state index in [2.05, 4.69) is 25.8 Å². The number of nitrogen functional groups attached to an aromatic ring is 1. The first-order valence-corrected chi connectivity index (χ1v) is 6.46. The molecule has 0 unspecified atom stereocenters. The molecule has 0 amide bonds. The second kappa shape index (κ2) is 5.33. The summed E-state index contributed by atoms with van der Waals surface area (Å²) in [5.41, 5.74) is 7.18. The Hall–Kier alpha value is -2.36. The number of nitrogens with zero attached hydrogens (tertiary/aromatic N) is 1. The summed E-state index contributed by atoms with van der Waals surface area (Å²) < 4.78 is 5.67. The summed E-state index contributed by atoms with van der Waals surface area (Å²) in [7, 11) is 0. The average Bonchev–Trinajstić information content (AvgIpc) is 2.38. The molecule has 0 atom stereocenters. The minimum absolute atomic E-state index is 0.0708. The molecule has 1 heterocycles. The highest BCUT2D eigenvalue weighted by atomic mass is 16.5. The molecule has 2 aromatic rings. The molecule has 20 heavy (non-hydrogen) atoms. The number of nitrogens with two attached hydrogens (primary N) is 1. The molecule has 104 valence electrons. The summed E-state index contributed by atoms with van der Waals surface area (Å²) in [5, 5.41) is 7.37. The van der Waals surface area contributed by atoms with Gasteiger partial charge in [0.15, 0.2) is 0 Å². The number of hydrogen-bond donors (Lipinski definition) is 2. The second-order valence-corrected chi connectivity index (χ2v) is 5.65. The summed E-state index contributed by atoms with van der Waals surface area (Å²) in [6.07, 6.45) is 0. The summed E-state index contributed by atoms with van der Waals surface area (Å²) in [6, 6.07) is 13.1. The number of amidine groups is 1. The van der Waals surface area contributed by atoms with Crippen LogP contribution in [0.1, 0.15) is 32.0 Å². The Morgan fingerprint density at radius 3 is 2.30 bits per heavy atom. The fourth-order valence-electron chi connectivity index (χ4n) is 1.77. The van der Waals surface area contributed by atoms with Crippen LogP contribution in [0.3, 0.4) is 0 Å². The van der Waals surface area contributed by atoms with Gasteiger partial charge in [-0.15, -0.1) is 0 Å². The van der Waals surface area contributed by atoms with Crippen molar-refractivity contribution in [1.29, 1.82) is 5.41 Å². The third kappa shape index (κ3) is 3.35. The minimum Gasteiger partial charge on any atom is -0.439 e. The molecule has 0 aliphatic heterocycles. The molecule has 4 heteroatoms. The predicted molar refractivity (Wildman–Crippen MR) is 80.5 cm³/mol. The lowest BCUT2D eigenvalue weighted by molar-refractivity contribution is 0.461. The van der Waals surface area contributed by atoms with E-state index < -0.39 is 0 Å². The van der Waals surface area contributed by atoms with Gasteiger partial charge < -0.3 is 10.5 Å². The van der Waals surface area contributed by atoms with Crippen LogP contribution in [0.2, 0.25) is 0 Å². The Kier molecular flexibility index (Phi) is 3.74. The van der Waals surface area contributed by atoms with Crippen LogP contribution in [0.25, 0.3) is 0 Å². The maximum atomic E-state index is 7.37. The Morgan fingerprint density at radius 1 is 1.10 bits per heavy atom. The van der Waals surface area contributed by atoms with E-state index in [1.807, 2.05) is 24.3 Å². The Morgan fingerprint density at radius 2 is 1.75 bits per heavy atom. The zero-order valence-electron chi connectivity index (χ0n) is 12.0. The van der Waals surface area contributed by atoms with Crippen molar-refractivity contribution in [3.8, 4) is 11.6 Å². The standard InChI is InChI=1S/C16H19N3O/c1-16(2,3)11-7-9-12(10-8-11)20-14-6-4-5-13(19-14)15(17)18/h4-10H,1-3H3,(H3,17,18). The van der Waals surface area contributed by atoms with Crippen LogP contribution in [-0.4, -0.2) is 10.8 Å². The number of aromatic nitrogens is 1. The molecule has 0 fully saturated rings. The highest BCUT2D eigenvalue weighted by molar-refractivity contribution is 5.93. The minimum atomic E-state index is -0.0708. The largest absolute Gasteiger partial charge is 0.439 e. The number of nitrogens with one attached hydrogen (secondary N) is 1. The molecule has 0 spiro atoms. The molecule has 4 nitrogen and oxygen atoms in total. The van der Waals surface area contributed by atoms with Gasteiger partial charge in [-0.25, -0.2) is 4.98 Å². The maximum absolute atomic E-state index is 7.37. The molecule has 1 aromatic heterocycles. The monoisotopic (exact) mass is 269 g/mol. The molecule has 1 aromatic carbocycles. The van der Waals surface area contributed by atoms with Gasteiger partial charge in [0.05, 0.1) is 0 Å². The molecule has 0 saturated carbocycles. The normalized spacial score (nSPS) is 11.2. The molecular formula is C16H19N3O. The van der Waals surface area contributed by atoms with Crippen LogP contribution >= 0.6 is 0 Å². The lowest BCUT2D eigenvalue weighted by Gasteiger charge is -2.19. The van der Waals surface area contributed by atoms with Crippen molar-refractivity contribution in [3.63, 3.8) is 0 Å². The van der Waals surface area contributed by atoms with Crippen LogP contribution in [0.5, 0.6) is 11.6 Å². The molecule has 0 bridgehead atoms. The van der Waals surface area contributed by atoms with E-state index in [0.29, 0.717) is 17.3 Å². The van der Waals surface area contributed by atoms with E-state index in [0.717, 1.165) is 0 Å². The molecule has 2 rings (SSSR count). The van der Waals surface area contributed by atoms with Crippen LogP contribution in [0.15, 0.2) is 42.5 Å². The van der Waals surface area contributed by atoms with Crippen LogP contribution in [-0.2, 0) is 5.41 Å². The molecule has 0 aliphatic carbocycles. The zero-order chi connectivity index (χ0) is 14.8. The first-order valence-electron chi connectivity index (χ1n) is 6.46. The molecule has 3 N–H and O–H groups in total. The Bertz CT molecular complexity index is 612. The first-order chi connectivity index (χ1) is 9.36. The van der Waals surface area contributed by atoms with Crippen molar-refractivity contribution in [2.24, 2.45) is 5.73 Å². The van der Waals surface area contributed by atoms with Gasteiger partial charge in [0.1, 0.15) is 17.3 Å². The third-order valence-electron chi connectivity index (χ3n) is 2.94. The highest BCUT2D eigenvalue weighted by Gasteiger charge is 2.13. The molecule has 0 radical (unpaired) electrons. The van der Waals surface area contributed by atoms with Crippen molar-refractivity contribution in [2.75, 3.05) is 0 Å². The smallest absolute Gasteiger partial charge is 0.219 e. The summed E-state index contributed by atoms with van der Waals surface area (Å²) in [6.45, 7) is 6.50. The van der Waals surface area contributed by atoms with Crippen molar-refractivity contribution >= 4 is 5.84 Å². The summed E-state index contributed by atoms with van der Waals surface area (Å²) >= 11 is 0. The average molecular weight is 269 g/mol. The van der Waals surface area contributed by atoms with E-state index in [1.54, 1.807) is 18.2 Å². The topological polar surface area (TPSA) is 72.0 Å². The molecular weight excluding hydrogens is 250 g/mol. The van der Waals surface area contributed by atoms with Crippen molar-refractivity contribution < 1.29 is 4.74 Å². The highest BCUT2D eigenvalue weighted by Crippen LogP contribution is 2.26. The van der Waals surface area contributed by atoms with E-state index >= 15 is 0 Å². The van der Waals surface area contributed by atoms with Crippen molar-refractivity contribution in [1.82, 2.24) is 4.98 Å². The van der Waals surface area contributed by atoms with Crippen molar-refractivity contribution in [2.45, 2.75) is 26.2 Å². The van der Waals surface area contributed by atoms with Gasteiger partial charge >= 0.3 is 0 Å².